The molecule has 2 N–H and O–H groups in total. The van der Waals surface area contributed by atoms with Crippen molar-refractivity contribution in [3.63, 3.8) is 0 Å². The molecule has 0 radical (unpaired) electrons. The lowest BCUT2D eigenvalue weighted by molar-refractivity contribution is -0.145. The minimum absolute atomic E-state index is 0.256. The number of hydrogen-bond donors (Lipinski definition) is 2. The van der Waals surface area contributed by atoms with Crippen LogP contribution in [0.5, 0.6) is 0 Å². The molecule has 1 aromatic rings. The summed E-state index contributed by atoms with van der Waals surface area (Å²) in [6.45, 7) is 5.40. The molecule has 3 heteroatoms. The van der Waals surface area contributed by atoms with Crippen LogP contribution in [-0.4, -0.2) is 22.3 Å². The zero-order valence-corrected chi connectivity index (χ0v) is 10.6. The third-order valence-electron chi connectivity index (χ3n) is 3.25. The Labute approximate surface area is 102 Å². The number of hydrogen-bond acceptors (Lipinski definition) is 2. The average Bonchev–Trinajstić information content (AvgIpc) is 2.24. The number of carboxylic acid groups (broad SMARTS) is 1. The maximum absolute atomic E-state index is 11.2. The summed E-state index contributed by atoms with van der Waals surface area (Å²) in [5.74, 6) is -1.65. The number of carbonyl (C=O) groups is 1. The van der Waals surface area contributed by atoms with Crippen LogP contribution in [0.3, 0.4) is 0 Å². The van der Waals surface area contributed by atoms with E-state index in [-0.39, 0.29) is 5.92 Å². The number of carboxylic acids is 1. The van der Waals surface area contributed by atoms with E-state index >= 15 is 0 Å². The molecule has 1 rings (SSSR count). The third-order valence-corrected chi connectivity index (χ3v) is 3.25. The van der Waals surface area contributed by atoms with Crippen LogP contribution in [0.2, 0.25) is 0 Å². The molecule has 0 aliphatic rings. The summed E-state index contributed by atoms with van der Waals surface area (Å²) in [6.07, 6.45) is -0.149. The number of aliphatic hydroxyl groups excluding tert-OH is 1. The van der Waals surface area contributed by atoms with Gasteiger partial charge in [-0.3, -0.25) is 4.79 Å². The second-order valence-electron chi connectivity index (χ2n) is 4.74. The lowest BCUT2D eigenvalue weighted by Gasteiger charge is -2.22. The van der Waals surface area contributed by atoms with Gasteiger partial charge in [0, 0.05) is 0 Å². The summed E-state index contributed by atoms with van der Waals surface area (Å²) < 4.78 is 0. The molecule has 0 fully saturated rings. The first-order chi connectivity index (χ1) is 7.91. The van der Waals surface area contributed by atoms with E-state index in [1.165, 1.54) is 0 Å². The van der Waals surface area contributed by atoms with Gasteiger partial charge in [-0.1, -0.05) is 36.8 Å². The van der Waals surface area contributed by atoms with Crippen molar-refractivity contribution in [2.75, 3.05) is 0 Å². The van der Waals surface area contributed by atoms with Crippen LogP contribution in [0.25, 0.3) is 0 Å². The van der Waals surface area contributed by atoms with E-state index in [1.54, 1.807) is 13.8 Å². The first-order valence-electron chi connectivity index (χ1n) is 5.88. The zero-order valence-electron chi connectivity index (χ0n) is 10.6. The van der Waals surface area contributed by atoms with Crippen molar-refractivity contribution in [1.82, 2.24) is 0 Å². The summed E-state index contributed by atoms with van der Waals surface area (Å²) in [6, 6.07) is 7.83. The fraction of sp³-hybridized carbons (Fsp3) is 0.500. The monoisotopic (exact) mass is 236 g/mol. The van der Waals surface area contributed by atoms with E-state index in [4.69, 9.17) is 0 Å². The Morgan fingerprint density at radius 3 is 2.47 bits per heavy atom. The molecule has 0 spiro atoms. The van der Waals surface area contributed by atoms with Crippen molar-refractivity contribution >= 4 is 5.97 Å². The lowest BCUT2D eigenvalue weighted by Crippen LogP contribution is -2.30. The van der Waals surface area contributed by atoms with Gasteiger partial charge in [0.15, 0.2) is 0 Å². The zero-order chi connectivity index (χ0) is 13.0. The van der Waals surface area contributed by atoms with E-state index in [2.05, 4.69) is 0 Å². The summed E-state index contributed by atoms with van der Waals surface area (Å²) in [5.41, 5.74) is 2.13. The standard InChI is InChI=1S/C14H20O3/c1-9-5-4-6-12(7-9)8-13(14(16)17)10(2)11(3)15/h4-7,10-11,13,15H,8H2,1-3H3,(H,16,17). The Balaban J connectivity index is 2.84. The number of aryl methyl sites for hydroxylation is 1. The van der Waals surface area contributed by atoms with Crippen LogP contribution in [0, 0.1) is 18.8 Å². The maximum Gasteiger partial charge on any atom is 0.307 e. The van der Waals surface area contributed by atoms with Gasteiger partial charge in [-0.25, -0.2) is 0 Å². The Morgan fingerprint density at radius 2 is 2.00 bits per heavy atom. The minimum Gasteiger partial charge on any atom is -0.481 e. The van der Waals surface area contributed by atoms with E-state index in [1.807, 2.05) is 31.2 Å². The fourth-order valence-electron chi connectivity index (χ4n) is 1.93. The molecule has 0 bridgehead atoms. The highest BCUT2D eigenvalue weighted by molar-refractivity contribution is 5.70. The van der Waals surface area contributed by atoms with E-state index in [9.17, 15) is 15.0 Å². The first kappa shape index (κ1) is 13.7. The van der Waals surface area contributed by atoms with Crippen molar-refractivity contribution in [3.8, 4) is 0 Å². The largest absolute Gasteiger partial charge is 0.481 e. The van der Waals surface area contributed by atoms with Crippen LogP contribution in [-0.2, 0) is 11.2 Å². The predicted molar refractivity (Wildman–Crippen MR) is 66.9 cm³/mol. The minimum atomic E-state index is -0.847. The molecule has 3 nitrogen and oxygen atoms in total. The van der Waals surface area contributed by atoms with Crippen LogP contribution in [0.4, 0.5) is 0 Å². The van der Waals surface area contributed by atoms with E-state index in [0.29, 0.717) is 6.42 Å². The van der Waals surface area contributed by atoms with Crippen molar-refractivity contribution in [2.24, 2.45) is 11.8 Å². The molecule has 17 heavy (non-hydrogen) atoms. The predicted octanol–water partition coefficient (Wildman–Crippen LogP) is 2.26. The topological polar surface area (TPSA) is 57.5 Å². The highest BCUT2D eigenvalue weighted by atomic mass is 16.4. The first-order valence-corrected chi connectivity index (χ1v) is 5.88. The summed E-state index contributed by atoms with van der Waals surface area (Å²) in [7, 11) is 0. The van der Waals surface area contributed by atoms with Crippen molar-refractivity contribution in [2.45, 2.75) is 33.3 Å². The quantitative estimate of drug-likeness (QED) is 0.824. The number of aliphatic carboxylic acids is 1. The van der Waals surface area contributed by atoms with Gasteiger partial charge in [0.25, 0.3) is 0 Å². The molecule has 3 unspecified atom stereocenters. The van der Waals surface area contributed by atoms with E-state index < -0.39 is 18.0 Å². The molecule has 3 atom stereocenters. The molecule has 0 aromatic heterocycles. The van der Waals surface area contributed by atoms with Crippen LogP contribution >= 0.6 is 0 Å². The smallest absolute Gasteiger partial charge is 0.307 e. The Bertz CT molecular complexity index is 385. The number of rotatable bonds is 5. The van der Waals surface area contributed by atoms with Crippen molar-refractivity contribution < 1.29 is 15.0 Å². The van der Waals surface area contributed by atoms with Gasteiger partial charge in [0.1, 0.15) is 0 Å². The average molecular weight is 236 g/mol. The van der Waals surface area contributed by atoms with E-state index in [0.717, 1.165) is 11.1 Å². The molecule has 0 heterocycles. The van der Waals surface area contributed by atoms with Gasteiger partial charge in [-0.15, -0.1) is 0 Å². The van der Waals surface area contributed by atoms with Gasteiger partial charge >= 0.3 is 5.97 Å². The van der Waals surface area contributed by atoms with Crippen LogP contribution < -0.4 is 0 Å². The third kappa shape index (κ3) is 3.86. The fourth-order valence-corrected chi connectivity index (χ4v) is 1.93. The SMILES string of the molecule is Cc1cccc(CC(C(=O)O)C(C)C(C)O)c1. The van der Waals surface area contributed by atoms with Crippen molar-refractivity contribution in [3.05, 3.63) is 35.4 Å². The molecule has 94 valence electrons. The van der Waals surface area contributed by atoms with Gasteiger partial charge in [0.05, 0.1) is 12.0 Å². The molecule has 0 aliphatic carbocycles. The highest BCUT2D eigenvalue weighted by Gasteiger charge is 2.28. The molecular formula is C14H20O3. The second kappa shape index (κ2) is 5.82. The highest BCUT2D eigenvalue weighted by Crippen LogP contribution is 2.21. The maximum atomic E-state index is 11.2. The van der Waals surface area contributed by atoms with Crippen molar-refractivity contribution in [1.29, 1.82) is 0 Å². The van der Waals surface area contributed by atoms with Crippen LogP contribution in [0.1, 0.15) is 25.0 Å². The molecule has 0 saturated carbocycles. The van der Waals surface area contributed by atoms with Gasteiger partial charge < -0.3 is 10.2 Å². The molecule has 0 aliphatic heterocycles. The molecule has 1 aromatic carbocycles. The Hall–Kier alpha value is -1.35. The second-order valence-corrected chi connectivity index (χ2v) is 4.74. The number of aliphatic hydroxyl groups is 1. The summed E-state index contributed by atoms with van der Waals surface area (Å²) in [4.78, 5) is 11.2. The van der Waals surface area contributed by atoms with Gasteiger partial charge in [0.2, 0.25) is 0 Å². The number of benzene rings is 1. The summed E-state index contributed by atoms with van der Waals surface area (Å²) in [5, 5.41) is 18.7. The Kier molecular flexibility index (Phi) is 4.70. The normalized spacial score (nSPS) is 16.2. The Morgan fingerprint density at radius 1 is 1.35 bits per heavy atom. The van der Waals surface area contributed by atoms with Gasteiger partial charge in [-0.05, 0) is 31.7 Å². The van der Waals surface area contributed by atoms with Gasteiger partial charge in [-0.2, -0.15) is 0 Å². The summed E-state index contributed by atoms with van der Waals surface area (Å²) >= 11 is 0. The molecule has 0 amide bonds. The molecule has 0 saturated heterocycles. The van der Waals surface area contributed by atoms with Crippen LogP contribution in [0.15, 0.2) is 24.3 Å². The lowest BCUT2D eigenvalue weighted by atomic mass is 9.85. The molecular weight excluding hydrogens is 216 g/mol.